The Labute approximate surface area is 99.5 Å². The highest BCUT2D eigenvalue weighted by molar-refractivity contribution is 7.86. The molecular formula is C9H18F3NO3S. The zero-order chi connectivity index (χ0) is 13.7. The Morgan fingerprint density at radius 1 is 1.41 bits per heavy atom. The lowest BCUT2D eigenvalue weighted by atomic mass is 10.2. The second kappa shape index (κ2) is 6.55. The summed E-state index contributed by atoms with van der Waals surface area (Å²) in [6, 6.07) is 0.949. The first kappa shape index (κ1) is 16.7. The van der Waals surface area contributed by atoms with Crippen molar-refractivity contribution < 1.29 is 31.0 Å². The number of halogens is 3. The first-order valence-corrected chi connectivity index (χ1v) is 6.87. The van der Waals surface area contributed by atoms with Crippen molar-refractivity contribution in [2.24, 2.45) is 0 Å². The van der Waals surface area contributed by atoms with E-state index in [0.29, 0.717) is 0 Å². The van der Waals surface area contributed by atoms with Gasteiger partial charge in [0.25, 0.3) is 0 Å². The standard InChI is InChI=1S/C8H17N.CHF3O3S/c1-3-6-9-7-4-5-8(9)2;2-1(3,4)8(5,6)7/h8H,3-7H2,1-2H3;(H,5,6,7). The van der Waals surface area contributed by atoms with E-state index in [9.17, 15) is 13.2 Å². The van der Waals surface area contributed by atoms with Gasteiger partial charge in [0.1, 0.15) is 0 Å². The highest BCUT2D eigenvalue weighted by Crippen LogP contribution is 2.20. The van der Waals surface area contributed by atoms with E-state index in [1.165, 1.54) is 32.4 Å². The van der Waals surface area contributed by atoms with Crippen LogP contribution in [0.3, 0.4) is 0 Å². The second-order valence-corrected chi connectivity index (χ2v) is 5.47. The molecule has 0 aliphatic carbocycles. The highest BCUT2D eigenvalue weighted by atomic mass is 32.2. The molecule has 0 aromatic carbocycles. The summed E-state index contributed by atoms with van der Waals surface area (Å²) in [7, 11) is -6.09. The van der Waals surface area contributed by atoms with Crippen molar-refractivity contribution in [2.45, 2.75) is 44.7 Å². The van der Waals surface area contributed by atoms with Gasteiger partial charge in [-0.15, -0.1) is 0 Å². The molecule has 0 spiro atoms. The molecular weight excluding hydrogens is 259 g/mol. The van der Waals surface area contributed by atoms with Gasteiger partial charge >= 0.3 is 5.51 Å². The Morgan fingerprint density at radius 3 is 2.12 bits per heavy atom. The molecule has 1 saturated heterocycles. The monoisotopic (exact) mass is 277 g/mol. The summed E-state index contributed by atoms with van der Waals surface area (Å²) in [4.78, 5) is 1.83. The quantitative estimate of drug-likeness (QED) is 0.591. The molecule has 17 heavy (non-hydrogen) atoms. The van der Waals surface area contributed by atoms with Crippen molar-refractivity contribution in [3.05, 3.63) is 0 Å². The van der Waals surface area contributed by atoms with Gasteiger partial charge in [0.15, 0.2) is 10.1 Å². The number of nitrogens with one attached hydrogen (secondary N) is 1. The van der Waals surface area contributed by atoms with Gasteiger partial charge in [0.2, 0.25) is 0 Å². The zero-order valence-corrected chi connectivity index (χ0v) is 10.7. The molecule has 2 atom stereocenters. The van der Waals surface area contributed by atoms with Crippen LogP contribution >= 0.6 is 0 Å². The van der Waals surface area contributed by atoms with E-state index in [0.717, 1.165) is 6.04 Å². The molecule has 0 radical (unpaired) electrons. The third-order valence-electron chi connectivity index (χ3n) is 2.69. The Bertz CT molecular complexity index is 316. The smallest absolute Gasteiger partial charge is 0.485 e. The first-order chi connectivity index (χ1) is 7.59. The summed E-state index contributed by atoms with van der Waals surface area (Å²) in [5.41, 5.74) is -5.65. The van der Waals surface area contributed by atoms with Crippen molar-refractivity contribution in [1.82, 2.24) is 0 Å². The average molecular weight is 277 g/mol. The normalized spacial score (nSPS) is 25.3. The van der Waals surface area contributed by atoms with Crippen LogP contribution in [0.2, 0.25) is 0 Å². The van der Waals surface area contributed by atoms with Gasteiger partial charge in [-0.1, -0.05) is 6.92 Å². The van der Waals surface area contributed by atoms with Crippen molar-refractivity contribution in [3.8, 4) is 0 Å². The van der Waals surface area contributed by atoms with Gasteiger partial charge in [-0.25, -0.2) is 8.42 Å². The third-order valence-corrected chi connectivity index (χ3v) is 3.25. The molecule has 0 amide bonds. The van der Waals surface area contributed by atoms with E-state index in [1.54, 1.807) is 0 Å². The third kappa shape index (κ3) is 6.23. The van der Waals surface area contributed by atoms with Gasteiger partial charge in [-0.05, 0) is 13.3 Å². The first-order valence-electron chi connectivity index (χ1n) is 5.46. The molecule has 1 heterocycles. The maximum Gasteiger partial charge on any atom is 0.485 e. The van der Waals surface area contributed by atoms with Crippen molar-refractivity contribution in [3.63, 3.8) is 0 Å². The van der Waals surface area contributed by atoms with Crippen LogP contribution in [0.5, 0.6) is 0 Å². The fourth-order valence-corrected chi connectivity index (χ4v) is 1.78. The number of hydrogen-bond donors (Lipinski definition) is 1. The van der Waals surface area contributed by atoms with Gasteiger partial charge in [-0.3, -0.25) is 0 Å². The van der Waals surface area contributed by atoms with Crippen LogP contribution in [0.15, 0.2) is 0 Å². The molecule has 0 aromatic rings. The number of rotatable bonds is 2. The summed E-state index contributed by atoms with van der Waals surface area (Å²) in [6.07, 6.45) is 4.26. The lowest BCUT2D eigenvalue weighted by Crippen LogP contribution is -3.13. The minimum Gasteiger partial charge on any atom is -0.741 e. The van der Waals surface area contributed by atoms with E-state index in [2.05, 4.69) is 13.8 Å². The summed E-state index contributed by atoms with van der Waals surface area (Å²) >= 11 is 0. The summed E-state index contributed by atoms with van der Waals surface area (Å²) in [5.74, 6) is 0. The van der Waals surface area contributed by atoms with E-state index in [1.807, 2.05) is 4.90 Å². The number of quaternary nitrogens is 1. The van der Waals surface area contributed by atoms with E-state index < -0.39 is 15.6 Å². The Morgan fingerprint density at radius 2 is 1.88 bits per heavy atom. The Kier molecular flexibility index (Phi) is 6.42. The number of likely N-dealkylation sites (tertiary alicyclic amines) is 1. The highest BCUT2D eigenvalue weighted by Gasteiger charge is 2.36. The molecule has 0 aromatic heterocycles. The van der Waals surface area contributed by atoms with Gasteiger partial charge < -0.3 is 9.45 Å². The maximum absolute atomic E-state index is 10.7. The van der Waals surface area contributed by atoms with Crippen LogP contribution in [-0.4, -0.2) is 37.6 Å². The fraction of sp³-hybridized carbons (Fsp3) is 1.00. The maximum atomic E-state index is 10.7. The van der Waals surface area contributed by atoms with Gasteiger partial charge in [0.05, 0.1) is 19.1 Å². The molecule has 1 aliphatic rings. The van der Waals surface area contributed by atoms with Gasteiger partial charge in [-0.2, -0.15) is 13.2 Å². The molecule has 1 aliphatic heterocycles. The minimum absolute atomic E-state index is 0.949. The van der Waals surface area contributed by atoms with Crippen molar-refractivity contribution in [2.75, 3.05) is 13.1 Å². The van der Waals surface area contributed by atoms with Crippen LogP contribution in [0.4, 0.5) is 13.2 Å². The molecule has 2 unspecified atom stereocenters. The van der Waals surface area contributed by atoms with E-state index >= 15 is 0 Å². The SMILES string of the molecule is CCC[NH+]1CCCC1C.O=S(=O)([O-])C(F)(F)F. The summed E-state index contributed by atoms with van der Waals surface area (Å²) < 4.78 is 58.9. The summed E-state index contributed by atoms with van der Waals surface area (Å²) in [5, 5.41) is 0. The van der Waals surface area contributed by atoms with Crippen LogP contribution < -0.4 is 4.90 Å². The lowest BCUT2D eigenvalue weighted by Gasteiger charge is -2.16. The molecule has 1 fully saturated rings. The number of alkyl halides is 3. The topological polar surface area (TPSA) is 61.6 Å². The second-order valence-electron chi connectivity index (χ2n) is 4.10. The molecule has 8 heteroatoms. The Balaban J connectivity index is 0.000000304. The predicted octanol–water partition coefficient (Wildman–Crippen LogP) is 0.515. The molecule has 0 saturated carbocycles. The van der Waals surface area contributed by atoms with Crippen molar-refractivity contribution in [1.29, 1.82) is 0 Å². The van der Waals surface area contributed by atoms with Crippen LogP contribution in [0.25, 0.3) is 0 Å². The number of hydrogen-bond acceptors (Lipinski definition) is 3. The fourth-order valence-electron chi connectivity index (χ4n) is 1.78. The van der Waals surface area contributed by atoms with Crippen LogP contribution in [-0.2, 0) is 10.1 Å². The zero-order valence-electron chi connectivity index (χ0n) is 9.88. The van der Waals surface area contributed by atoms with Crippen molar-refractivity contribution >= 4 is 10.1 Å². The average Bonchev–Trinajstić information content (AvgIpc) is 2.50. The van der Waals surface area contributed by atoms with Crippen LogP contribution in [0.1, 0.15) is 33.1 Å². The molecule has 1 N–H and O–H groups in total. The van der Waals surface area contributed by atoms with Crippen LogP contribution in [0, 0.1) is 0 Å². The molecule has 4 nitrogen and oxygen atoms in total. The van der Waals surface area contributed by atoms with E-state index in [-0.39, 0.29) is 0 Å². The van der Waals surface area contributed by atoms with E-state index in [4.69, 9.17) is 13.0 Å². The molecule has 1 rings (SSSR count). The minimum atomic E-state index is -6.09. The summed E-state index contributed by atoms with van der Waals surface area (Å²) in [6.45, 7) is 7.46. The molecule has 0 bridgehead atoms. The predicted molar refractivity (Wildman–Crippen MR) is 55.4 cm³/mol. The Hall–Kier alpha value is -0.340. The molecule has 104 valence electrons. The lowest BCUT2D eigenvalue weighted by molar-refractivity contribution is -0.910. The van der Waals surface area contributed by atoms with Gasteiger partial charge in [0, 0.05) is 12.8 Å². The largest absolute Gasteiger partial charge is 0.741 e.